The molecule has 0 spiro atoms. The van der Waals surface area contributed by atoms with E-state index in [1.165, 1.54) is 4.90 Å². The quantitative estimate of drug-likeness (QED) is 0.473. The largest absolute Gasteiger partial charge is 0.484 e. The van der Waals surface area contributed by atoms with Gasteiger partial charge in [-0.1, -0.05) is 28.1 Å². The van der Waals surface area contributed by atoms with Crippen molar-refractivity contribution in [2.45, 2.75) is 4.90 Å². The lowest BCUT2D eigenvalue weighted by Gasteiger charge is -2.04. The molecule has 0 radical (unpaired) electrons. The van der Waals surface area contributed by atoms with Gasteiger partial charge in [-0.05, 0) is 48.2 Å². The van der Waals surface area contributed by atoms with Gasteiger partial charge in [0.05, 0.1) is 6.21 Å². The summed E-state index contributed by atoms with van der Waals surface area (Å²) in [5.74, 6) is 0.329. The fourth-order valence-corrected chi connectivity index (χ4v) is 2.25. The minimum atomic E-state index is -0.306. The molecule has 0 saturated heterocycles. The van der Waals surface area contributed by atoms with Gasteiger partial charge in [0.2, 0.25) is 0 Å². The summed E-state index contributed by atoms with van der Waals surface area (Å²) in [4.78, 5) is 12.8. The van der Waals surface area contributed by atoms with Crippen LogP contribution in [0, 0.1) is 0 Å². The molecule has 0 unspecified atom stereocenters. The van der Waals surface area contributed by atoms with Crippen LogP contribution in [0.1, 0.15) is 5.56 Å². The first kappa shape index (κ1) is 16.6. The van der Waals surface area contributed by atoms with Crippen molar-refractivity contribution < 1.29 is 9.53 Å². The Hall–Kier alpha value is -1.79. The third-order valence-electron chi connectivity index (χ3n) is 2.70. The molecule has 2 rings (SSSR count). The van der Waals surface area contributed by atoms with Crippen LogP contribution in [-0.2, 0) is 4.79 Å². The predicted octanol–water partition coefficient (Wildman–Crippen LogP) is 3.70. The second-order valence-electron chi connectivity index (χ2n) is 4.31. The zero-order valence-corrected chi connectivity index (χ0v) is 14.4. The number of halogens is 1. The van der Waals surface area contributed by atoms with Crippen molar-refractivity contribution in [2.24, 2.45) is 5.10 Å². The summed E-state index contributed by atoms with van der Waals surface area (Å²) in [6.07, 6.45) is 3.62. The van der Waals surface area contributed by atoms with Gasteiger partial charge in [-0.3, -0.25) is 4.79 Å². The molecule has 0 aliphatic heterocycles. The predicted molar refractivity (Wildman–Crippen MR) is 93.6 cm³/mol. The monoisotopic (exact) mass is 378 g/mol. The Morgan fingerprint density at radius 2 is 1.91 bits per heavy atom. The Kier molecular flexibility index (Phi) is 6.48. The Morgan fingerprint density at radius 1 is 1.23 bits per heavy atom. The Labute approximate surface area is 142 Å². The molecule has 0 bridgehead atoms. The molecule has 6 heteroatoms. The van der Waals surface area contributed by atoms with Crippen molar-refractivity contribution in [3.05, 3.63) is 58.6 Å². The average molecular weight is 379 g/mol. The summed E-state index contributed by atoms with van der Waals surface area (Å²) >= 11 is 5.01. The number of carbonyl (C=O) groups excluding carboxylic acids is 1. The maximum atomic E-state index is 11.6. The van der Waals surface area contributed by atoms with E-state index in [1.807, 2.05) is 42.7 Å². The number of hydrogen-bond acceptors (Lipinski definition) is 4. The second kappa shape index (κ2) is 8.60. The number of nitrogens with zero attached hydrogens (tertiary/aromatic N) is 1. The van der Waals surface area contributed by atoms with E-state index in [9.17, 15) is 4.79 Å². The number of ether oxygens (including phenoxy) is 1. The topological polar surface area (TPSA) is 50.7 Å². The lowest BCUT2D eigenvalue weighted by molar-refractivity contribution is -0.123. The van der Waals surface area contributed by atoms with Gasteiger partial charge in [-0.15, -0.1) is 11.8 Å². The number of carbonyl (C=O) groups is 1. The van der Waals surface area contributed by atoms with Crippen LogP contribution < -0.4 is 10.2 Å². The van der Waals surface area contributed by atoms with Gasteiger partial charge in [0.1, 0.15) is 5.75 Å². The molecule has 0 aliphatic rings. The molecule has 0 aliphatic carbocycles. The van der Waals surface area contributed by atoms with E-state index in [4.69, 9.17) is 4.74 Å². The van der Waals surface area contributed by atoms with Gasteiger partial charge in [0, 0.05) is 9.37 Å². The molecular weight excluding hydrogens is 364 g/mol. The number of rotatable bonds is 6. The molecule has 2 aromatic carbocycles. The number of nitrogens with one attached hydrogen (secondary N) is 1. The third kappa shape index (κ3) is 5.54. The van der Waals surface area contributed by atoms with E-state index in [0.717, 1.165) is 10.0 Å². The summed E-state index contributed by atoms with van der Waals surface area (Å²) in [7, 11) is 0. The van der Waals surface area contributed by atoms with E-state index >= 15 is 0 Å². The minimum absolute atomic E-state index is 0.0790. The smallest absolute Gasteiger partial charge is 0.277 e. The first-order valence-corrected chi connectivity index (χ1v) is 8.53. The van der Waals surface area contributed by atoms with E-state index in [2.05, 4.69) is 26.5 Å². The standard InChI is InChI=1S/C16H15BrN2O2S/c1-22-15-8-2-12(3-9-15)10-18-19-16(20)11-21-14-6-4-13(17)5-7-14/h2-10H,11H2,1H3,(H,19,20). The van der Waals surface area contributed by atoms with Gasteiger partial charge in [0.25, 0.3) is 5.91 Å². The molecule has 114 valence electrons. The van der Waals surface area contributed by atoms with Crippen molar-refractivity contribution in [1.29, 1.82) is 0 Å². The van der Waals surface area contributed by atoms with Crippen LogP contribution in [0.3, 0.4) is 0 Å². The highest BCUT2D eigenvalue weighted by Crippen LogP contribution is 2.16. The second-order valence-corrected chi connectivity index (χ2v) is 6.10. The van der Waals surface area contributed by atoms with Crippen molar-refractivity contribution in [3.8, 4) is 5.75 Å². The molecule has 0 aromatic heterocycles. The van der Waals surface area contributed by atoms with Crippen LogP contribution in [0.4, 0.5) is 0 Å². The highest BCUT2D eigenvalue weighted by Gasteiger charge is 2.01. The first-order valence-electron chi connectivity index (χ1n) is 6.52. The van der Waals surface area contributed by atoms with E-state index < -0.39 is 0 Å². The number of hydrogen-bond donors (Lipinski definition) is 1. The van der Waals surface area contributed by atoms with Crippen molar-refractivity contribution in [3.63, 3.8) is 0 Å². The molecule has 0 heterocycles. The average Bonchev–Trinajstić information content (AvgIpc) is 2.55. The number of amides is 1. The fraction of sp³-hybridized carbons (Fsp3) is 0.125. The molecule has 0 saturated carbocycles. The summed E-state index contributed by atoms with van der Waals surface area (Å²) in [5, 5.41) is 3.90. The van der Waals surface area contributed by atoms with Crippen LogP contribution in [0.2, 0.25) is 0 Å². The molecule has 22 heavy (non-hydrogen) atoms. The normalized spacial score (nSPS) is 10.6. The molecule has 1 amide bonds. The summed E-state index contributed by atoms with van der Waals surface area (Å²) in [5.41, 5.74) is 3.36. The highest BCUT2D eigenvalue weighted by molar-refractivity contribution is 9.10. The maximum absolute atomic E-state index is 11.6. The summed E-state index contributed by atoms with van der Waals surface area (Å²) in [6, 6.07) is 15.2. The lowest BCUT2D eigenvalue weighted by Crippen LogP contribution is -2.24. The minimum Gasteiger partial charge on any atom is -0.484 e. The van der Waals surface area contributed by atoms with E-state index in [1.54, 1.807) is 30.1 Å². The van der Waals surface area contributed by atoms with Crippen LogP contribution >= 0.6 is 27.7 Å². The molecule has 1 N–H and O–H groups in total. The number of benzene rings is 2. The third-order valence-corrected chi connectivity index (χ3v) is 3.97. The highest BCUT2D eigenvalue weighted by atomic mass is 79.9. The van der Waals surface area contributed by atoms with Crippen LogP contribution in [0.25, 0.3) is 0 Å². The van der Waals surface area contributed by atoms with Crippen molar-refractivity contribution in [2.75, 3.05) is 12.9 Å². The Balaban J connectivity index is 1.76. The SMILES string of the molecule is CSc1ccc(C=NNC(=O)COc2ccc(Br)cc2)cc1. The first-order chi connectivity index (χ1) is 10.7. The van der Waals surface area contributed by atoms with Crippen molar-refractivity contribution >= 4 is 39.8 Å². The van der Waals surface area contributed by atoms with Gasteiger partial charge in [-0.2, -0.15) is 5.10 Å². The van der Waals surface area contributed by atoms with E-state index in [0.29, 0.717) is 5.75 Å². The van der Waals surface area contributed by atoms with Crippen LogP contribution in [-0.4, -0.2) is 25.0 Å². The van der Waals surface area contributed by atoms with Gasteiger partial charge < -0.3 is 4.74 Å². The van der Waals surface area contributed by atoms with E-state index in [-0.39, 0.29) is 12.5 Å². The summed E-state index contributed by atoms with van der Waals surface area (Å²) in [6.45, 7) is -0.0790. The molecule has 4 nitrogen and oxygen atoms in total. The molecule has 2 aromatic rings. The number of hydrazone groups is 1. The van der Waals surface area contributed by atoms with Gasteiger partial charge >= 0.3 is 0 Å². The Bertz CT molecular complexity index is 642. The lowest BCUT2D eigenvalue weighted by atomic mass is 10.2. The van der Waals surface area contributed by atoms with Crippen LogP contribution in [0.15, 0.2) is 63.0 Å². The van der Waals surface area contributed by atoms with Crippen LogP contribution in [0.5, 0.6) is 5.75 Å². The molecule has 0 atom stereocenters. The zero-order chi connectivity index (χ0) is 15.8. The zero-order valence-electron chi connectivity index (χ0n) is 12.0. The molecule has 0 fully saturated rings. The fourth-order valence-electron chi connectivity index (χ4n) is 1.58. The molecular formula is C16H15BrN2O2S. The van der Waals surface area contributed by atoms with Gasteiger partial charge in [-0.25, -0.2) is 5.43 Å². The summed E-state index contributed by atoms with van der Waals surface area (Å²) < 4.78 is 6.31. The van der Waals surface area contributed by atoms with Gasteiger partial charge in [0.15, 0.2) is 6.61 Å². The maximum Gasteiger partial charge on any atom is 0.277 e. The van der Waals surface area contributed by atoms with Crippen molar-refractivity contribution in [1.82, 2.24) is 5.43 Å². The number of thioether (sulfide) groups is 1. The Morgan fingerprint density at radius 3 is 2.55 bits per heavy atom.